The summed E-state index contributed by atoms with van der Waals surface area (Å²) in [6.45, 7) is 7.56. The molecule has 2 saturated heterocycles. The number of benzene rings is 1. The third kappa shape index (κ3) is 8.69. The Labute approximate surface area is 319 Å². The van der Waals surface area contributed by atoms with Gasteiger partial charge in [0.15, 0.2) is 17.3 Å². The van der Waals surface area contributed by atoms with E-state index in [0.29, 0.717) is 57.8 Å². The molecule has 5 heterocycles. The van der Waals surface area contributed by atoms with Crippen LogP contribution in [0.2, 0.25) is 5.02 Å². The predicted octanol–water partition coefficient (Wildman–Crippen LogP) is 5.11. The summed E-state index contributed by atoms with van der Waals surface area (Å²) in [4.78, 5) is 65.4. The van der Waals surface area contributed by atoms with Gasteiger partial charge < -0.3 is 35.1 Å². The Morgan fingerprint density at radius 2 is 1.58 bits per heavy atom. The van der Waals surface area contributed by atoms with Gasteiger partial charge in [-0.3, -0.25) is 14.4 Å². The molecule has 2 aliphatic heterocycles. The number of hydrogen-bond acceptors (Lipinski definition) is 9. The highest BCUT2D eigenvalue weighted by Gasteiger charge is 2.39. The first-order valence-electron chi connectivity index (χ1n) is 17.5. The summed E-state index contributed by atoms with van der Waals surface area (Å²) in [5.74, 6) is -1.39. The Bertz CT molecular complexity index is 2100. The van der Waals surface area contributed by atoms with Crippen molar-refractivity contribution in [1.82, 2.24) is 39.0 Å². The number of rotatable bonds is 6. The fraction of sp³-hybridized carbons (Fsp3) is 0.417. The molecular weight excluding hydrogens is 745 g/mol. The number of nitrogens with two attached hydrogens (primary N) is 1. The Kier molecular flexibility index (Phi) is 10.8. The van der Waals surface area contributed by atoms with Gasteiger partial charge >= 0.3 is 12.3 Å². The van der Waals surface area contributed by atoms with Gasteiger partial charge in [0.2, 0.25) is 5.91 Å². The van der Waals surface area contributed by atoms with E-state index < -0.39 is 23.4 Å². The molecule has 3 aromatic heterocycles. The molecule has 0 atom stereocenters. The van der Waals surface area contributed by atoms with E-state index in [4.69, 9.17) is 22.1 Å². The van der Waals surface area contributed by atoms with Crippen LogP contribution in [-0.2, 0) is 22.8 Å². The lowest BCUT2D eigenvalue weighted by atomic mass is 9.95. The number of likely N-dealkylation sites (tertiary alicyclic amines) is 1. The SMILES string of the molecule is Cn1c(-c2cn(-c3ccc(N)cn3)nc2C(F)(F)F)cnc1C(=O)Nc1ccc(C(=O)N2CCN(C(=O)C3CCN(C(=O)OC(C)(C)C)CC3)CC2)c(Cl)c1. The molecule has 3 N–H and O–H groups in total. The molecule has 4 amide bonds. The highest BCUT2D eigenvalue weighted by atomic mass is 35.5. The van der Waals surface area contributed by atoms with Crippen molar-refractivity contribution in [3.05, 3.63) is 71.0 Å². The van der Waals surface area contributed by atoms with Crippen LogP contribution < -0.4 is 11.1 Å². The average Bonchev–Trinajstić information content (AvgIpc) is 3.75. The number of aromatic nitrogens is 5. The summed E-state index contributed by atoms with van der Waals surface area (Å²) < 4.78 is 49.8. The molecule has 0 aliphatic carbocycles. The quantitative estimate of drug-likeness (QED) is 0.270. The van der Waals surface area contributed by atoms with Crippen LogP contribution >= 0.6 is 11.6 Å². The van der Waals surface area contributed by atoms with E-state index in [9.17, 15) is 32.3 Å². The molecule has 0 spiro atoms. The standard InChI is InChI=1S/C36H40ClF3N10O5/c1-35(2,3)55-34(54)49-11-9-21(10-12-49)32(52)47-13-15-48(16-14-47)33(53)24-7-6-23(17-26(24)37)44-31(51)30-43-19-27(46(30)4)25-20-50(45-29(25)36(38,39)40)28-8-5-22(41)18-42-28/h5-8,17-21H,9-16,41H2,1-4H3,(H,44,51). The molecular formula is C36H40ClF3N10O5. The summed E-state index contributed by atoms with van der Waals surface area (Å²) in [6, 6.07) is 7.24. The third-order valence-electron chi connectivity index (χ3n) is 9.29. The van der Waals surface area contributed by atoms with Crippen LogP contribution in [0.1, 0.15) is 60.3 Å². The number of halogens is 4. The van der Waals surface area contributed by atoms with Gasteiger partial charge in [-0.2, -0.15) is 18.3 Å². The Morgan fingerprint density at radius 1 is 0.909 bits per heavy atom. The molecule has 0 unspecified atom stereocenters. The molecule has 2 fully saturated rings. The van der Waals surface area contributed by atoms with E-state index in [1.807, 2.05) is 0 Å². The number of nitrogens with one attached hydrogen (secondary N) is 1. The largest absolute Gasteiger partial charge is 0.444 e. The molecule has 292 valence electrons. The van der Waals surface area contributed by atoms with E-state index >= 15 is 0 Å². The van der Waals surface area contributed by atoms with E-state index in [1.165, 1.54) is 48.1 Å². The van der Waals surface area contributed by atoms with Crippen LogP contribution in [0.4, 0.5) is 29.3 Å². The Hall–Kier alpha value is -5.65. The van der Waals surface area contributed by atoms with Crippen molar-refractivity contribution in [3.63, 3.8) is 0 Å². The molecule has 1 aromatic carbocycles. The Morgan fingerprint density at radius 3 is 2.18 bits per heavy atom. The number of piperazine rings is 1. The number of ether oxygens (including phenoxy) is 1. The van der Waals surface area contributed by atoms with Crippen molar-refractivity contribution in [3.8, 4) is 17.1 Å². The molecule has 2 aliphatic rings. The minimum atomic E-state index is -4.83. The molecule has 0 radical (unpaired) electrons. The van der Waals surface area contributed by atoms with Crippen LogP contribution in [0.15, 0.2) is 48.9 Å². The van der Waals surface area contributed by atoms with E-state index in [2.05, 4.69) is 20.4 Å². The zero-order chi connectivity index (χ0) is 39.8. The number of carbonyl (C=O) groups is 4. The smallest absolute Gasteiger partial charge is 0.435 e. The van der Waals surface area contributed by atoms with Gasteiger partial charge in [0.1, 0.15) is 5.60 Å². The lowest BCUT2D eigenvalue weighted by Gasteiger charge is -2.38. The number of amides is 4. The molecule has 55 heavy (non-hydrogen) atoms. The van der Waals surface area contributed by atoms with Gasteiger partial charge in [0.25, 0.3) is 11.8 Å². The second-order valence-corrected chi connectivity index (χ2v) is 14.7. The summed E-state index contributed by atoms with van der Waals surface area (Å²) in [7, 11) is 1.40. The molecule has 4 aromatic rings. The van der Waals surface area contributed by atoms with Crippen molar-refractivity contribution in [1.29, 1.82) is 0 Å². The average molecular weight is 785 g/mol. The number of nitrogen functional groups attached to an aromatic ring is 1. The molecule has 0 saturated carbocycles. The molecule has 0 bridgehead atoms. The molecule has 15 nitrogen and oxygen atoms in total. The Balaban J connectivity index is 1.06. The number of carbonyl (C=O) groups excluding carboxylic acids is 4. The topological polar surface area (TPSA) is 174 Å². The first kappa shape index (κ1) is 39.1. The van der Waals surface area contributed by atoms with Gasteiger partial charge in [0, 0.05) is 64.1 Å². The lowest BCUT2D eigenvalue weighted by molar-refractivity contribution is -0.141. The minimum Gasteiger partial charge on any atom is -0.444 e. The van der Waals surface area contributed by atoms with Crippen molar-refractivity contribution in [2.24, 2.45) is 13.0 Å². The summed E-state index contributed by atoms with van der Waals surface area (Å²) >= 11 is 6.51. The normalized spacial score (nSPS) is 15.6. The van der Waals surface area contributed by atoms with Crippen LogP contribution in [0.3, 0.4) is 0 Å². The summed E-state index contributed by atoms with van der Waals surface area (Å²) in [6.07, 6.45) is -0.574. The van der Waals surface area contributed by atoms with Gasteiger partial charge in [-0.1, -0.05) is 11.6 Å². The maximum absolute atomic E-state index is 14.1. The second-order valence-electron chi connectivity index (χ2n) is 14.3. The number of imidazole rings is 1. The number of anilines is 2. The third-order valence-corrected chi connectivity index (χ3v) is 9.60. The number of nitrogens with zero attached hydrogens (tertiary/aromatic N) is 8. The lowest BCUT2D eigenvalue weighted by Crippen LogP contribution is -2.53. The highest BCUT2D eigenvalue weighted by Crippen LogP contribution is 2.37. The fourth-order valence-electron chi connectivity index (χ4n) is 6.44. The van der Waals surface area contributed by atoms with Crippen molar-refractivity contribution in [2.75, 3.05) is 50.3 Å². The van der Waals surface area contributed by atoms with Crippen molar-refractivity contribution in [2.45, 2.75) is 45.4 Å². The van der Waals surface area contributed by atoms with Crippen LogP contribution in [0.25, 0.3) is 17.1 Å². The van der Waals surface area contributed by atoms with Gasteiger partial charge in [0.05, 0.1) is 39.9 Å². The van der Waals surface area contributed by atoms with E-state index in [1.54, 1.807) is 35.5 Å². The molecule has 19 heteroatoms. The van der Waals surface area contributed by atoms with Crippen LogP contribution in [-0.4, -0.2) is 108 Å². The van der Waals surface area contributed by atoms with Crippen molar-refractivity contribution < 1.29 is 37.1 Å². The van der Waals surface area contributed by atoms with E-state index in [0.717, 1.165) is 17.1 Å². The molecule has 6 rings (SSSR count). The number of piperidine rings is 1. The monoisotopic (exact) mass is 784 g/mol. The number of alkyl halides is 3. The summed E-state index contributed by atoms with van der Waals surface area (Å²) in [5, 5.41) is 6.40. The minimum absolute atomic E-state index is 0.000209. The van der Waals surface area contributed by atoms with E-state index in [-0.39, 0.29) is 63.0 Å². The van der Waals surface area contributed by atoms with Gasteiger partial charge in [-0.15, -0.1) is 0 Å². The van der Waals surface area contributed by atoms with Crippen LogP contribution in [0, 0.1) is 5.92 Å². The highest BCUT2D eigenvalue weighted by molar-refractivity contribution is 6.34. The maximum atomic E-state index is 14.1. The first-order valence-corrected chi connectivity index (χ1v) is 17.8. The first-order chi connectivity index (χ1) is 25.9. The predicted molar refractivity (Wildman–Crippen MR) is 195 cm³/mol. The second kappa shape index (κ2) is 15.2. The zero-order valence-electron chi connectivity index (χ0n) is 30.6. The maximum Gasteiger partial charge on any atom is 0.435 e. The van der Waals surface area contributed by atoms with Crippen molar-refractivity contribution >= 4 is 46.8 Å². The zero-order valence-corrected chi connectivity index (χ0v) is 31.3. The van der Waals surface area contributed by atoms with Crippen LogP contribution in [0.5, 0.6) is 0 Å². The summed E-state index contributed by atoms with van der Waals surface area (Å²) in [5.41, 5.74) is 4.26. The van der Waals surface area contributed by atoms with Gasteiger partial charge in [-0.05, 0) is 63.9 Å². The fourth-order valence-corrected chi connectivity index (χ4v) is 6.70. The van der Waals surface area contributed by atoms with Gasteiger partial charge in [-0.25, -0.2) is 19.4 Å². The number of pyridine rings is 1. The number of hydrogen-bond donors (Lipinski definition) is 2.